The molecule has 0 atom stereocenters. The molecule has 0 saturated heterocycles. The highest BCUT2D eigenvalue weighted by atomic mass is 127. The molecule has 3 rings (SSSR count). The van der Waals surface area contributed by atoms with E-state index in [1.165, 1.54) is 37.0 Å². The van der Waals surface area contributed by atoms with Gasteiger partial charge in [0.15, 0.2) is 5.96 Å². The Morgan fingerprint density at radius 3 is 2.41 bits per heavy atom. The molecule has 0 aliphatic heterocycles. The van der Waals surface area contributed by atoms with Gasteiger partial charge in [-0.3, -0.25) is 9.79 Å². The minimum atomic E-state index is -0.0663. The Kier molecular flexibility index (Phi) is 9.42. The number of halogens is 1. The third-order valence-corrected chi connectivity index (χ3v) is 6.69. The van der Waals surface area contributed by atoms with Crippen LogP contribution >= 0.6 is 35.3 Å². The Labute approximate surface area is 194 Å². The molecule has 1 saturated carbocycles. The van der Waals surface area contributed by atoms with Gasteiger partial charge in [0.05, 0.1) is 0 Å². The predicted octanol–water partition coefficient (Wildman–Crippen LogP) is 4.29. The van der Waals surface area contributed by atoms with E-state index in [9.17, 15) is 4.79 Å². The first-order valence-corrected chi connectivity index (χ1v) is 10.8. The Morgan fingerprint density at radius 2 is 1.83 bits per heavy atom. The number of carbonyl (C=O) groups excluding carboxylic acids is 1. The van der Waals surface area contributed by atoms with Gasteiger partial charge in [0.1, 0.15) is 0 Å². The fraction of sp³-hybridized carbons (Fsp3) is 0.455. The van der Waals surface area contributed by atoms with Crippen LogP contribution in [0.2, 0.25) is 0 Å². The Balaban J connectivity index is 0.00000300. The molecule has 7 heteroatoms. The van der Waals surface area contributed by atoms with Crippen LogP contribution in [0.3, 0.4) is 0 Å². The van der Waals surface area contributed by atoms with Crippen molar-refractivity contribution in [1.29, 1.82) is 0 Å². The number of nitrogens with zero attached hydrogens (tertiary/aromatic N) is 1. The van der Waals surface area contributed by atoms with Crippen molar-refractivity contribution in [2.24, 2.45) is 4.99 Å². The summed E-state index contributed by atoms with van der Waals surface area (Å²) in [4.78, 5) is 17.5. The third kappa shape index (κ3) is 6.18. The molecule has 1 aromatic carbocycles. The van der Waals surface area contributed by atoms with E-state index in [2.05, 4.69) is 38.5 Å². The summed E-state index contributed by atoms with van der Waals surface area (Å²) in [6.45, 7) is 1.57. The maximum atomic E-state index is 11.6. The molecule has 1 amide bonds. The molecular weight excluding hydrogens is 495 g/mol. The highest BCUT2D eigenvalue weighted by molar-refractivity contribution is 14.0. The fourth-order valence-electron chi connectivity index (χ4n) is 3.90. The molecule has 0 bridgehead atoms. The fourth-order valence-corrected chi connectivity index (χ4v) is 4.88. The van der Waals surface area contributed by atoms with Crippen molar-refractivity contribution in [1.82, 2.24) is 16.0 Å². The molecule has 0 spiro atoms. The normalized spacial score (nSPS) is 15.9. The van der Waals surface area contributed by atoms with Crippen molar-refractivity contribution in [2.45, 2.75) is 44.1 Å². The van der Waals surface area contributed by atoms with Crippen molar-refractivity contribution in [2.75, 3.05) is 20.6 Å². The number of guanidine groups is 1. The molecule has 0 unspecified atom stereocenters. The van der Waals surface area contributed by atoms with E-state index in [-0.39, 0.29) is 35.3 Å². The third-order valence-electron chi connectivity index (χ3n) is 5.58. The number of carbonyl (C=O) groups is 1. The summed E-state index contributed by atoms with van der Waals surface area (Å²) in [5.41, 5.74) is 2.00. The van der Waals surface area contributed by atoms with Gasteiger partial charge in [-0.05, 0) is 42.0 Å². The molecule has 2 aromatic rings. The van der Waals surface area contributed by atoms with Crippen molar-refractivity contribution >= 4 is 47.2 Å². The van der Waals surface area contributed by atoms with Crippen LogP contribution in [0.5, 0.6) is 0 Å². The highest BCUT2D eigenvalue weighted by Gasteiger charge is 2.34. The second-order valence-electron chi connectivity index (χ2n) is 7.37. The smallest absolute Gasteiger partial charge is 0.251 e. The van der Waals surface area contributed by atoms with Crippen molar-refractivity contribution in [3.63, 3.8) is 0 Å². The molecule has 1 aliphatic carbocycles. The van der Waals surface area contributed by atoms with Gasteiger partial charge in [0.25, 0.3) is 5.91 Å². The number of thiophene rings is 1. The number of hydrogen-bond donors (Lipinski definition) is 3. The van der Waals surface area contributed by atoms with Crippen LogP contribution in [-0.2, 0) is 12.0 Å². The largest absolute Gasteiger partial charge is 0.355 e. The lowest BCUT2D eigenvalue weighted by Crippen LogP contribution is -2.46. The zero-order valence-electron chi connectivity index (χ0n) is 17.2. The maximum Gasteiger partial charge on any atom is 0.251 e. The molecule has 158 valence electrons. The van der Waals surface area contributed by atoms with Crippen molar-refractivity contribution in [3.05, 3.63) is 57.8 Å². The number of hydrogen-bond acceptors (Lipinski definition) is 3. The molecule has 1 aliphatic rings. The van der Waals surface area contributed by atoms with E-state index in [0.29, 0.717) is 12.1 Å². The van der Waals surface area contributed by atoms with Gasteiger partial charge in [-0.25, -0.2) is 0 Å². The number of rotatable bonds is 6. The molecule has 3 N–H and O–H groups in total. The van der Waals surface area contributed by atoms with Gasteiger partial charge in [0.2, 0.25) is 0 Å². The summed E-state index contributed by atoms with van der Waals surface area (Å²) >= 11 is 1.87. The van der Waals surface area contributed by atoms with Crippen LogP contribution in [0.15, 0.2) is 46.8 Å². The number of nitrogens with one attached hydrogen (secondary N) is 3. The summed E-state index contributed by atoms with van der Waals surface area (Å²) in [5.74, 6) is 0.750. The average molecular weight is 526 g/mol. The van der Waals surface area contributed by atoms with Crippen LogP contribution in [0.25, 0.3) is 0 Å². The molecule has 1 heterocycles. The van der Waals surface area contributed by atoms with E-state index in [1.807, 2.05) is 42.6 Å². The van der Waals surface area contributed by atoms with Crippen molar-refractivity contribution < 1.29 is 4.79 Å². The van der Waals surface area contributed by atoms with E-state index < -0.39 is 0 Å². The molecule has 1 fully saturated rings. The molecule has 1 aromatic heterocycles. The molecule has 0 radical (unpaired) electrons. The lowest BCUT2D eigenvalue weighted by molar-refractivity contribution is 0.0963. The lowest BCUT2D eigenvalue weighted by atomic mass is 9.73. The van der Waals surface area contributed by atoms with Gasteiger partial charge in [-0.2, -0.15) is 0 Å². The van der Waals surface area contributed by atoms with Crippen LogP contribution in [-0.4, -0.2) is 32.5 Å². The summed E-state index contributed by atoms with van der Waals surface area (Å²) in [5, 5.41) is 11.8. The Morgan fingerprint density at radius 1 is 1.10 bits per heavy atom. The van der Waals surface area contributed by atoms with Crippen LogP contribution in [0, 0.1) is 0 Å². The van der Waals surface area contributed by atoms with E-state index >= 15 is 0 Å². The zero-order chi connectivity index (χ0) is 19.8. The number of amides is 1. The standard InChI is InChI=1S/C22H30N4OS.HI/c1-23-20(27)18-10-8-17(9-11-18)15-25-21(24-2)26-16-22(12-4-3-5-13-22)19-7-6-14-28-19;/h6-11,14H,3-5,12-13,15-16H2,1-2H3,(H,23,27)(H2,24,25,26);1H. The topological polar surface area (TPSA) is 65.5 Å². The summed E-state index contributed by atoms with van der Waals surface area (Å²) < 4.78 is 0. The summed E-state index contributed by atoms with van der Waals surface area (Å²) in [6.07, 6.45) is 6.40. The van der Waals surface area contributed by atoms with Gasteiger partial charge >= 0.3 is 0 Å². The van der Waals surface area contributed by atoms with Gasteiger partial charge in [0, 0.05) is 43.0 Å². The first kappa shape index (κ1) is 23.7. The van der Waals surface area contributed by atoms with Crippen LogP contribution < -0.4 is 16.0 Å². The highest BCUT2D eigenvalue weighted by Crippen LogP contribution is 2.41. The van der Waals surface area contributed by atoms with E-state index in [4.69, 9.17) is 0 Å². The average Bonchev–Trinajstić information content (AvgIpc) is 3.30. The van der Waals surface area contributed by atoms with Gasteiger partial charge < -0.3 is 16.0 Å². The number of benzene rings is 1. The first-order chi connectivity index (χ1) is 13.7. The van der Waals surface area contributed by atoms with Crippen LogP contribution in [0.1, 0.15) is 52.9 Å². The predicted molar refractivity (Wildman–Crippen MR) is 133 cm³/mol. The first-order valence-electron chi connectivity index (χ1n) is 9.96. The Bertz CT molecular complexity index is 784. The van der Waals surface area contributed by atoms with E-state index in [1.54, 1.807) is 7.05 Å². The monoisotopic (exact) mass is 526 g/mol. The van der Waals surface area contributed by atoms with Gasteiger partial charge in [-0.1, -0.05) is 37.5 Å². The van der Waals surface area contributed by atoms with Crippen LogP contribution in [0.4, 0.5) is 0 Å². The second kappa shape index (κ2) is 11.5. The minimum Gasteiger partial charge on any atom is -0.355 e. The zero-order valence-corrected chi connectivity index (χ0v) is 20.3. The summed E-state index contributed by atoms with van der Waals surface area (Å²) in [7, 11) is 3.45. The minimum absolute atomic E-state index is 0. The quantitative estimate of drug-likeness (QED) is 0.299. The molecule has 29 heavy (non-hydrogen) atoms. The number of aliphatic imine (C=N–C) groups is 1. The molecular formula is C22H31IN4OS. The second-order valence-corrected chi connectivity index (χ2v) is 8.32. The summed E-state index contributed by atoms with van der Waals surface area (Å²) in [6, 6.07) is 12.1. The SMILES string of the molecule is CN=C(NCc1ccc(C(=O)NC)cc1)NCC1(c2cccs2)CCCCC1.I. The lowest BCUT2D eigenvalue weighted by Gasteiger charge is -2.37. The molecule has 5 nitrogen and oxygen atoms in total. The van der Waals surface area contributed by atoms with Gasteiger partial charge in [-0.15, -0.1) is 35.3 Å². The maximum absolute atomic E-state index is 11.6. The Hall–Kier alpha value is -1.61. The van der Waals surface area contributed by atoms with E-state index in [0.717, 1.165) is 18.1 Å². The van der Waals surface area contributed by atoms with Crippen molar-refractivity contribution in [3.8, 4) is 0 Å².